The molecule has 0 aromatic heterocycles. The summed E-state index contributed by atoms with van der Waals surface area (Å²) in [5.74, 6) is 0. The normalized spacial score (nSPS) is 15.1. The van der Waals surface area contributed by atoms with Gasteiger partial charge in [-0.1, -0.05) is 110 Å². The molecule has 0 saturated carbocycles. The molecule has 0 radical (unpaired) electrons. The Bertz CT molecular complexity index is 276. The summed E-state index contributed by atoms with van der Waals surface area (Å²) in [6.45, 7) is 1.98. The van der Waals surface area contributed by atoms with Crippen LogP contribution in [0.5, 0.6) is 0 Å². The van der Waals surface area contributed by atoms with Gasteiger partial charge in [-0.25, -0.2) is 0 Å². The summed E-state index contributed by atoms with van der Waals surface area (Å²) in [4.78, 5) is 0. The van der Waals surface area contributed by atoms with Crippen LogP contribution in [-0.2, 0) is 0 Å². The fourth-order valence-electron chi connectivity index (χ4n) is 3.47. The summed E-state index contributed by atoms with van der Waals surface area (Å²) in [7, 11) is 0. The van der Waals surface area contributed by atoms with Crippen LogP contribution in [0.2, 0.25) is 0 Å². The molecule has 0 heterocycles. The van der Waals surface area contributed by atoms with Crippen LogP contribution >= 0.6 is 0 Å². The maximum Gasteiger partial charge on any atom is 0.0971 e. The second-order valence-corrected chi connectivity index (χ2v) is 8.00. The Morgan fingerprint density at radius 3 is 1.31 bits per heavy atom. The summed E-state index contributed by atoms with van der Waals surface area (Å²) in [5, 5.41) is 28.3. The van der Waals surface area contributed by atoms with Crippen molar-refractivity contribution in [3.05, 3.63) is 0 Å². The Kier molecular flexibility index (Phi) is 19.5. The molecule has 3 atom stereocenters. The largest absolute Gasteiger partial charge is 0.395 e. The molecule has 0 aliphatic heterocycles. The van der Waals surface area contributed by atoms with E-state index >= 15 is 0 Å². The van der Waals surface area contributed by atoms with E-state index in [0.29, 0.717) is 6.42 Å². The van der Waals surface area contributed by atoms with E-state index in [1.165, 1.54) is 89.9 Å². The predicted molar refractivity (Wildman–Crippen MR) is 111 cm³/mol. The van der Waals surface area contributed by atoms with Crippen LogP contribution < -0.4 is 5.73 Å². The number of hydrogen-bond donors (Lipinski definition) is 4. The molecule has 0 saturated heterocycles. The molecular formula is C22H47NO3. The van der Waals surface area contributed by atoms with Gasteiger partial charge in [-0.2, -0.15) is 0 Å². The van der Waals surface area contributed by atoms with Gasteiger partial charge >= 0.3 is 0 Å². The monoisotopic (exact) mass is 373 g/mol. The lowest BCUT2D eigenvalue weighted by molar-refractivity contribution is -0.0121. The topological polar surface area (TPSA) is 86.7 Å². The third-order valence-corrected chi connectivity index (χ3v) is 5.40. The number of aliphatic hydroxyl groups excluding tert-OH is 3. The lowest BCUT2D eigenvalue weighted by Crippen LogP contribution is -2.45. The maximum absolute atomic E-state index is 9.79. The highest BCUT2D eigenvalue weighted by atomic mass is 16.3. The van der Waals surface area contributed by atoms with Gasteiger partial charge in [0.1, 0.15) is 0 Å². The Morgan fingerprint density at radius 2 is 0.962 bits per heavy atom. The molecule has 0 rings (SSSR count). The first-order valence-electron chi connectivity index (χ1n) is 11.4. The van der Waals surface area contributed by atoms with E-state index < -0.39 is 18.2 Å². The van der Waals surface area contributed by atoms with Crippen LogP contribution in [0.3, 0.4) is 0 Å². The molecule has 0 bridgehead atoms. The summed E-state index contributed by atoms with van der Waals surface area (Å²) in [6, 6.07) is -0.744. The van der Waals surface area contributed by atoms with Gasteiger partial charge in [-0.15, -0.1) is 0 Å². The van der Waals surface area contributed by atoms with E-state index in [-0.39, 0.29) is 6.61 Å². The Hall–Kier alpha value is -0.160. The number of nitrogens with two attached hydrogens (primary N) is 1. The van der Waals surface area contributed by atoms with E-state index in [1.54, 1.807) is 0 Å². The molecule has 0 aromatic rings. The van der Waals surface area contributed by atoms with Crippen molar-refractivity contribution >= 4 is 0 Å². The van der Waals surface area contributed by atoms with Crippen LogP contribution in [-0.4, -0.2) is 40.2 Å². The summed E-state index contributed by atoms with van der Waals surface area (Å²) < 4.78 is 0. The van der Waals surface area contributed by atoms with Crippen molar-refractivity contribution in [1.29, 1.82) is 0 Å². The van der Waals surface area contributed by atoms with E-state index in [9.17, 15) is 10.2 Å². The molecule has 0 aliphatic rings. The first-order chi connectivity index (χ1) is 12.6. The lowest BCUT2D eigenvalue weighted by atomic mass is 10.00. The minimum absolute atomic E-state index is 0.294. The predicted octanol–water partition coefficient (Wildman–Crippen LogP) is 4.68. The molecule has 158 valence electrons. The lowest BCUT2D eigenvalue weighted by Gasteiger charge is -2.22. The number of rotatable bonds is 20. The van der Waals surface area contributed by atoms with E-state index in [2.05, 4.69) is 6.92 Å². The summed E-state index contributed by atoms with van der Waals surface area (Å²) in [5.41, 5.74) is 5.52. The third kappa shape index (κ3) is 16.0. The SMILES string of the molecule is CCCCCCCCCCCCCCCCCCC(O)C(O)C(N)CO. The fourth-order valence-corrected chi connectivity index (χ4v) is 3.47. The van der Waals surface area contributed by atoms with Crippen molar-refractivity contribution in [3.63, 3.8) is 0 Å². The number of unbranched alkanes of at least 4 members (excludes halogenated alkanes) is 15. The Morgan fingerprint density at radius 1 is 0.615 bits per heavy atom. The number of aliphatic hydroxyl groups is 3. The highest BCUT2D eigenvalue weighted by Crippen LogP contribution is 2.15. The standard InChI is InChI=1S/C22H47NO3/c1-2-3-4-5-6-7-8-9-10-11-12-13-14-15-16-17-18-21(25)22(26)20(23)19-24/h20-22,24-26H,2-19,23H2,1H3. The highest BCUT2D eigenvalue weighted by Gasteiger charge is 2.22. The van der Waals surface area contributed by atoms with Crippen LogP contribution in [0, 0.1) is 0 Å². The van der Waals surface area contributed by atoms with Gasteiger partial charge in [0.25, 0.3) is 0 Å². The zero-order valence-corrected chi connectivity index (χ0v) is 17.4. The van der Waals surface area contributed by atoms with Crippen LogP contribution in [0.1, 0.15) is 116 Å². The van der Waals surface area contributed by atoms with Gasteiger partial charge in [0, 0.05) is 0 Å². The van der Waals surface area contributed by atoms with Crippen molar-refractivity contribution < 1.29 is 15.3 Å². The van der Waals surface area contributed by atoms with Crippen molar-refractivity contribution in [2.75, 3.05) is 6.61 Å². The van der Waals surface area contributed by atoms with Crippen molar-refractivity contribution in [1.82, 2.24) is 0 Å². The van der Waals surface area contributed by atoms with Gasteiger partial charge in [0.2, 0.25) is 0 Å². The minimum atomic E-state index is -1.02. The zero-order valence-electron chi connectivity index (χ0n) is 17.4. The van der Waals surface area contributed by atoms with Gasteiger partial charge in [0.15, 0.2) is 0 Å². The first-order valence-corrected chi connectivity index (χ1v) is 11.4. The van der Waals surface area contributed by atoms with Gasteiger partial charge < -0.3 is 21.1 Å². The van der Waals surface area contributed by atoms with Crippen molar-refractivity contribution in [2.24, 2.45) is 5.73 Å². The molecule has 4 heteroatoms. The van der Waals surface area contributed by atoms with Crippen molar-refractivity contribution in [2.45, 2.75) is 134 Å². The summed E-state index contributed by atoms with van der Waals surface area (Å²) in [6.07, 6.45) is 19.9. The molecular weight excluding hydrogens is 326 g/mol. The average molecular weight is 374 g/mol. The Labute approximate surface area is 162 Å². The van der Waals surface area contributed by atoms with E-state index in [1.807, 2.05) is 0 Å². The molecule has 3 unspecified atom stereocenters. The van der Waals surface area contributed by atoms with Crippen molar-refractivity contribution in [3.8, 4) is 0 Å². The van der Waals surface area contributed by atoms with Crippen LogP contribution in [0.4, 0.5) is 0 Å². The quantitative estimate of drug-likeness (QED) is 0.233. The smallest absolute Gasteiger partial charge is 0.0971 e. The maximum atomic E-state index is 9.79. The molecule has 0 fully saturated rings. The first kappa shape index (κ1) is 25.8. The molecule has 0 spiro atoms. The van der Waals surface area contributed by atoms with Gasteiger partial charge in [0.05, 0.1) is 24.9 Å². The van der Waals surface area contributed by atoms with Gasteiger partial charge in [-0.3, -0.25) is 0 Å². The molecule has 0 aliphatic carbocycles. The van der Waals surface area contributed by atoms with E-state index in [4.69, 9.17) is 10.8 Å². The molecule has 0 amide bonds. The second kappa shape index (κ2) is 19.6. The van der Waals surface area contributed by atoms with Crippen LogP contribution in [0.25, 0.3) is 0 Å². The fraction of sp³-hybridized carbons (Fsp3) is 1.00. The van der Waals surface area contributed by atoms with Gasteiger partial charge in [-0.05, 0) is 6.42 Å². The molecule has 26 heavy (non-hydrogen) atoms. The molecule has 5 N–H and O–H groups in total. The molecule has 4 nitrogen and oxygen atoms in total. The van der Waals surface area contributed by atoms with Crippen LogP contribution in [0.15, 0.2) is 0 Å². The summed E-state index contributed by atoms with van der Waals surface area (Å²) >= 11 is 0. The highest BCUT2D eigenvalue weighted by molar-refractivity contribution is 4.77. The Balaban J connectivity index is 3.20. The average Bonchev–Trinajstić information content (AvgIpc) is 2.66. The minimum Gasteiger partial charge on any atom is -0.395 e. The van der Waals surface area contributed by atoms with E-state index in [0.717, 1.165) is 12.8 Å². The molecule has 0 aromatic carbocycles. The zero-order chi connectivity index (χ0) is 19.5. The number of hydrogen-bond acceptors (Lipinski definition) is 4. The second-order valence-electron chi connectivity index (χ2n) is 8.00. The third-order valence-electron chi connectivity index (χ3n) is 5.40.